The van der Waals surface area contributed by atoms with Crippen molar-refractivity contribution in [3.05, 3.63) is 18.1 Å². The summed E-state index contributed by atoms with van der Waals surface area (Å²) in [5.41, 5.74) is 5.62. The molecular weight excluding hydrogens is 369 g/mol. The number of rotatable bonds is 10. The van der Waals surface area contributed by atoms with Crippen LogP contribution in [0.5, 0.6) is 0 Å². The highest BCUT2D eigenvalue weighted by Gasteiger charge is 2.28. The Kier molecular flexibility index (Phi) is 7.02. The van der Waals surface area contributed by atoms with Gasteiger partial charge in [-0.25, -0.2) is 14.4 Å². The Hall–Kier alpha value is -3.04. The average Bonchev–Trinajstić information content (AvgIpc) is 2.62. The number of hydrogen-bond acceptors (Lipinski definition) is 8. The highest BCUT2D eigenvalue weighted by molar-refractivity contribution is 5.86. The average molecular weight is 393 g/mol. The Bertz CT molecular complexity index is 858. The Morgan fingerprint density at radius 2 is 2.11 bits per heavy atom. The maximum absolute atomic E-state index is 13.5. The van der Waals surface area contributed by atoms with Crippen LogP contribution < -0.4 is 11.1 Å². The summed E-state index contributed by atoms with van der Waals surface area (Å²) in [7, 11) is 0. The highest BCUT2D eigenvalue weighted by Crippen LogP contribution is 2.26. The summed E-state index contributed by atoms with van der Waals surface area (Å²) in [5, 5.41) is 11.9. The number of nitrogens with one attached hydrogen (secondary N) is 1. The number of nitrogens with two attached hydrogens (primary N) is 1. The summed E-state index contributed by atoms with van der Waals surface area (Å²) in [4.78, 5) is 34.6. The smallest absolute Gasteiger partial charge is 0.306 e. The fourth-order valence-electron chi connectivity index (χ4n) is 2.64. The number of carbonyl (C=O) groups excluding carboxylic acids is 1. The number of fused-ring (bicyclic) bond motifs is 1. The van der Waals surface area contributed by atoms with Gasteiger partial charge < -0.3 is 20.9 Å². The molecule has 28 heavy (non-hydrogen) atoms. The molecule has 0 bridgehead atoms. The van der Waals surface area contributed by atoms with Crippen molar-refractivity contribution < 1.29 is 23.8 Å². The molecule has 4 N–H and O–H groups in total. The maximum atomic E-state index is 13.5. The first-order valence-electron chi connectivity index (χ1n) is 8.97. The number of hydrogen-bond donors (Lipinski definition) is 3. The van der Waals surface area contributed by atoms with Crippen LogP contribution in [0.15, 0.2) is 12.3 Å². The lowest BCUT2D eigenvalue weighted by atomic mass is 9.95. The molecule has 0 spiro atoms. The molecule has 0 aliphatic rings. The molecule has 0 saturated heterocycles. The number of carboxylic acid groups (broad SMARTS) is 1. The lowest BCUT2D eigenvalue weighted by molar-refractivity contribution is -0.148. The SMILES string of the molecule is CCCC[C@](C)(COC(=O)CCC(=O)O)Nc1nc(N)nc2cc(F)cnc12. The molecule has 152 valence electrons. The normalized spacial score (nSPS) is 13.1. The van der Waals surface area contributed by atoms with Gasteiger partial charge in [0.25, 0.3) is 0 Å². The summed E-state index contributed by atoms with van der Waals surface area (Å²) in [6.45, 7) is 3.88. The van der Waals surface area contributed by atoms with Gasteiger partial charge in [-0.05, 0) is 13.3 Å². The van der Waals surface area contributed by atoms with E-state index >= 15 is 0 Å². The maximum Gasteiger partial charge on any atom is 0.306 e. The molecule has 0 unspecified atom stereocenters. The number of esters is 1. The molecule has 10 heteroatoms. The van der Waals surface area contributed by atoms with E-state index in [9.17, 15) is 14.0 Å². The minimum atomic E-state index is -1.06. The zero-order chi connectivity index (χ0) is 20.7. The predicted molar refractivity (Wildman–Crippen MR) is 101 cm³/mol. The Labute approximate surface area is 161 Å². The summed E-state index contributed by atoms with van der Waals surface area (Å²) in [5.74, 6) is -1.94. The molecular formula is C18H24FN5O4. The Morgan fingerprint density at radius 1 is 1.36 bits per heavy atom. The van der Waals surface area contributed by atoms with Crippen molar-refractivity contribution in [2.75, 3.05) is 17.7 Å². The molecule has 0 radical (unpaired) electrons. The zero-order valence-electron chi connectivity index (χ0n) is 15.9. The van der Waals surface area contributed by atoms with Crippen molar-refractivity contribution in [2.24, 2.45) is 0 Å². The van der Waals surface area contributed by atoms with Gasteiger partial charge in [-0.1, -0.05) is 19.8 Å². The van der Waals surface area contributed by atoms with E-state index in [0.29, 0.717) is 17.8 Å². The van der Waals surface area contributed by atoms with Gasteiger partial charge in [-0.2, -0.15) is 4.98 Å². The number of carboxylic acids is 1. The molecule has 1 atom stereocenters. The van der Waals surface area contributed by atoms with E-state index in [1.165, 1.54) is 6.07 Å². The number of pyridine rings is 1. The standard InChI is InChI=1S/C18H24FN5O4/c1-3-4-7-18(2,10-28-14(27)6-5-13(25)26)24-16-15-12(22-17(20)23-16)8-11(19)9-21-15/h8-9H,3-7,10H2,1-2H3,(H,25,26)(H3,20,22,23,24)/t18-/m1/s1. The van der Waals surface area contributed by atoms with Crippen molar-refractivity contribution in [1.82, 2.24) is 15.0 Å². The second-order valence-electron chi connectivity index (χ2n) is 6.80. The first-order chi connectivity index (χ1) is 13.2. The summed E-state index contributed by atoms with van der Waals surface area (Å²) < 4.78 is 18.7. The van der Waals surface area contributed by atoms with Crippen LogP contribution in [0, 0.1) is 5.82 Å². The molecule has 9 nitrogen and oxygen atoms in total. The molecule has 2 aromatic heterocycles. The van der Waals surface area contributed by atoms with Crippen LogP contribution in [0.2, 0.25) is 0 Å². The van der Waals surface area contributed by atoms with Gasteiger partial charge in [0.05, 0.1) is 30.1 Å². The number of carbonyl (C=O) groups is 2. The predicted octanol–water partition coefficient (Wildman–Crippen LogP) is 2.51. The quantitative estimate of drug-likeness (QED) is 0.519. The van der Waals surface area contributed by atoms with Gasteiger partial charge in [-0.3, -0.25) is 9.59 Å². The van der Waals surface area contributed by atoms with Crippen LogP contribution in [0.1, 0.15) is 46.0 Å². The third kappa shape index (κ3) is 6.00. The van der Waals surface area contributed by atoms with E-state index in [2.05, 4.69) is 20.3 Å². The first kappa shape index (κ1) is 21.3. The van der Waals surface area contributed by atoms with Crippen molar-refractivity contribution >= 4 is 34.7 Å². The van der Waals surface area contributed by atoms with Crippen LogP contribution >= 0.6 is 0 Å². The molecule has 2 heterocycles. The molecule has 0 saturated carbocycles. The second-order valence-corrected chi connectivity index (χ2v) is 6.80. The van der Waals surface area contributed by atoms with E-state index in [4.69, 9.17) is 15.6 Å². The van der Waals surface area contributed by atoms with Gasteiger partial charge >= 0.3 is 11.9 Å². The number of aliphatic carboxylic acids is 1. The first-order valence-corrected chi connectivity index (χ1v) is 8.97. The minimum absolute atomic E-state index is 0.00194. The summed E-state index contributed by atoms with van der Waals surface area (Å²) in [6.07, 6.45) is 2.96. The molecule has 0 amide bonds. The molecule has 2 rings (SSSR count). The fraction of sp³-hybridized carbons (Fsp3) is 0.500. The number of unbranched alkanes of at least 4 members (excludes halogenated alkanes) is 1. The number of ether oxygens (including phenoxy) is 1. The van der Waals surface area contributed by atoms with E-state index in [1.807, 2.05) is 13.8 Å². The Balaban J connectivity index is 2.22. The molecule has 0 aliphatic carbocycles. The number of aromatic nitrogens is 3. The lowest BCUT2D eigenvalue weighted by Gasteiger charge is -2.31. The van der Waals surface area contributed by atoms with Crippen LogP contribution in [0.25, 0.3) is 11.0 Å². The molecule has 2 aromatic rings. The summed E-state index contributed by atoms with van der Waals surface area (Å²) in [6, 6.07) is 1.21. The van der Waals surface area contributed by atoms with Crippen molar-refractivity contribution in [1.29, 1.82) is 0 Å². The third-order valence-corrected chi connectivity index (χ3v) is 4.12. The largest absolute Gasteiger partial charge is 0.481 e. The van der Waals surface area contributed by atoms with E-state index in [1.54, 1.807) is 0 Å². The zero-order valence-corrected chi connectivity index (χ0v) is 15.9. The van der Waals surface area contributed by atoms with Gasteiger partial charge in [-0.15, -0.1) is 0 Å². The van der Waals surface area contributed by atoms with Crippen molar-refractivity contribution in [2.45, 2.75) is 51.5 Å². The molecule has 0 aliphatic heterocycles. The lowest BCUT2D eigenvalue weighted by Crippen LogP contribution is -2.41. The van der Waals surface area contributed by atoms with E-state index in [0.717, 1.165) is 19.0 Å². The van der Waals surface area contributed by atoms with Crippen LogP contribution in [0.3, 0.4) is 0 Å². The monoisotopic (exact) mass is 393 g/mol. The Morgan fingerprint density at radius 3 is 2.79 bits per heavy atom. The van der Waals surface area contributed by atoms with Crippen LogP contribution in [-0.2, 0) is 14.3 Å². The highest BCUT2D eigenvalue weighted by atomic mass is 19.1. The van der Waals surface area contributed by atoms with Gasteiger partial charge in [0.15, 0.2) is 5.82 Å². The number of halogens is 1. The molecule has 0 fully saturated rings. The summed E-state index contributed by atoms with van der Waals surface area (Å²) >= 11 is 0. The second kappa shape index (κ2) is 9.25. The number of nitrogen functional groups attached to an aromatic ring is 1. The van der Waals surface area contributed by atoms with Crippen molar-refractivity contribution in [3.63, 3.8) is 0 Å². The van der Waals surface area contributed by atoms with Crippen molar-refractivity contribution in [3.8, 4) is 0 Å². The van der Waals surface area contributed by atoms with E-state index in [-0.39, 0.29) is 30.9 Å². The van der Waals surface area contributed by atoms with Crippen LogP contribution in [-0.4, -0.2) is 44.1 Å². The van der Waals surface area contributed by atoms with Crippen LogP contribution in [0.4, 0.5) is 16.2 Å². The van der Waals surface area contributed by atoms with Gasteiger partial charge in [0.2, 0.25) is 5.95 Å². The molecule has 0 aromatic carbocycles. The van der Waals surface area contributed by atoms with Gasteiger partial charge in [0.1, 0.15) is 17.9 Å². The fourth-order valence-corrected chi connectivity index (χ4v) is 2.64. The van der Waals surface area contributed by atoms with Gasteiger partial charge in [0, 0.05) is 6.07 Å². The minimum Gasteiger partial charge on any atom is -0.481 e. The third-order valence-electron chi connectivity index (χ3n) is 4.12. The number of nitrogens with zero attached hydrogens (tertiary/aromatic N) is 3. The number of anilines is 2. The van der Waals surface area contributed by atoms with E-state index < -0.39 is 23.3 Å². The topological polar surface area (TPSA) is 140 Å².